The van der Waals surface area contributed by atoms with Crippen LogP contribution in [0.25, 0.3) is 0 Å². The summed E-state index contributed by atoms with van der Waals surface area (Å²) in [5.41, 5.74) is 0. The molecule has 112 valence electrons. The van der Waals surface area contributed by atoms with Gasteiger partial charge in [0.1, 0.15) is 12.1 Å². The van der Waals surface area contributed by atoms with Crippen LogP contribution in [-0.2, 0) is 0 Å². The molecule has 20 heavy (non-hydrogen) atoms. The molecule has 5 heteroatoms. The van der Waals surface area contributed by atoms with Crippen molar-refractivity contribution in [1.29, 1.82) is 0 Å². The quantitative estimate of drug-likeness (QED) is 0.829. The number of piperidine rings is 1. The first-order valence-corrected chi connectivity index (χ1v) is 7.77. The molecule has 0 radical (unpaired) electrons. The van der Waals surface area contributed by atoms with Crippen LogP contribution in [0.1, 0.15) is 39.5 Å². The number of aromatic nitrogens is 2. The summed E-state index contributed by atoms with van der Waals surface area (Å²) in [5, 5.41) is 3.45. The van der Waals surface area contributed by atoms with E-state index in [4.69, 9.17) is 4.74 Å². The molecular formula is C15H26N4O. The lowest BCUT2D eigenvalue weighted by molar-refractivity contribution is 0.304. The van der Waals surface area contributed by atoms with Gasteiger partial charge in [0.25, 0.3) is 0 Å². The van der Waals surface area contributed by atoms with Crippen molar-refractivity contribution in [3.05, 3.63) is 12.4 Å². The molecule has 0 aromatic carbocycles. The van der Waals surface area contributed by atoms with E-state index in [1.165, 1.54) is 19.3 Å². The Kier molecular flexibility index (Phi) is 6.05. The second-order valence-electron chi connectivity index (χ2n) is 5.21. The first kappa shape index (κ1) is 15.0. The fourth-order valence-electron chi connectivity index (χ4n) is 2.60. The van der Waals surface area contributed by atoms with E-state index in [1.807, 2.05) is 6.07 Å². The molecule has 1 N–H and O–H groups in total. The molecule has 5 nitrogen and oxygen atoms in total. The highest BCUT2D eigenvalue weighted by molar-refractivity contribution is 5.42. The predicted molar refractivity (Wildman–Crippen MR) is 81.3 cm³/mol. The van der Waals surface area contributed by atoms with Gasteiger partial charge in [0.05, 0.1) is 6.61 Å². The lowest BCUT2D eigenvalue weighted by atomic mass is 10.0. The van der Waals surface area contributed by atoms with Crippen molar-refractivity contribution in [2.24, 2.45) is 0 Å². The van der Waals surface area contributed by atoms with Crippen LogP contribution in [-0.4, -0.2) is 42.3 Å². The number of hydrogen-bond donors (Lipinski definition) is 1. The number of anilines is 1. The van der Waals surface area contributed by atoms with Crippen molar-refractivity contribution >= 4 is 5.82 Å². The van der Waals surface area contributed by atoms with Crippen LogP contribution in [0.5, 0.6) is 5.88 Å². The van der Waals surface area contributed by atoms with Gasteiger partial charge in [-0.1, -0.05) is 13.8 Å². The van der Waals surface area contributed by atoms with Gasteiger partial charge in [0.2, 0.25) is 5.88 Å². The zero-order valence-electron chi connectivity index (χ0n) is 12.6. The van der Waals surface area contributed by atoms with Gasteiger partial charge in [0, 0.05) is 25.2 Å². The van der Waals surface area contributed by atoms with Gasteiger partial charge in [-0.05, 0) is 32.2 Å². The Bertz CT molecular complexity index is 399. The first-order valence-electron chi connectivity index (χ1n) is 7.77. The third kappa shape index (κ3) is 4.07. The van der Waals surface area contributed by atoms with Crippen LogP contribution >= 0.6 is 0 Å². The van der Waals surface area contributed by atoms with Gasteiger partial charge in [-0.25, -0.2) is 9.97 Å². The van der Waals surface area contributed by atoms with Gasteiger partial charge in [-0.3, -0.25) is 0 Å². The lowest BCUT2D eigenvalue weighted by Gasteiger charge is -2.36. The van der Waals surface area contributed by atoms with Crippen molar-refractivity contribution in [3.8, 4) is 5.88 Å². The SMILES string of the molecule is CCCOc1cc(N2CCCCC2CNCC)ncn1. The highest BCUT2D eigenvalue weighted by atomic mass is 16.5. The molecule has 0 saturated carbocycles. The molecule has 1 saturated heterocycles. The normalized spacial score (nSPS) is 19.1. The second kappa shape index (κ2) is 8.04. The van der Waals surface area contributed by atoms with E-state index in [0.29, 0.717) is 18.5 Å². The van der Waals surface area contributed by atoms with Gasteiger partial charge in [0.15, 0.2) is 0 Å². The Morgan fingerprint density at radius 2 is 2.25 bits per heavy atom. The Balaban J connectivity index is 2.06. The molecule has 0 aliphatic carbocycles. The van der Waals surface area contributed by atoms with Gasteiger partial charge >= 0.3 is 0 Å². The molecule has 1 aliphatic rings. The van der Waals surface area contributed by atoms with Crippen LogP contribution < -0.4 is 15.0 Å². The van der Waals surface area contributed by atoms with Crippen molar-refractivity contribution < 1.29 is 4.74 Å². The Hall–Kier alpha value is -1.36. The van der Waals surface area contributed by atoms with E-state index in [1.54, 1.807) is 6.33 Å². The van der Waals surface area contributed by atoms with E-state index in [0.717, 1.165) is 31.9 Å². The zero-order valence-corrected chi connectivity index (χ0v) is 12.6. The van der Waals surface area contributed by atoms with Gasteiger partial charge in [-0.15, -0.1) is 0 Å². The Labute approximate surface area is 121 Å². The van der Waals surface area contributed by atoms with E-state index in [9.17, 15) is 0 Å². The highest BCUT2D eigenvalue weighted by Crippen LogP contribution is 2.24. The maximum absolute atomic E-state index is 5.61. The summed E-state index contributed by atoms with van der Waals surface area (Å²) in [6, 6.07) is 2.50. The fourth-order valence-corrected chi connectivity index (χ4v) is 2.60. The minimum absolute atomic E-state index is 0.526. The van der Waals surface area contributed by atoms with E-state index in [2.05, 4.69) is 34.0 Å². The summed E-state index contributed by atoms with van der Waals surface area (Å²) in [4.78, 5) is 11.0. The molecule has 1 aliphatic heterocycles. The number of rotatable bonds is 7. The second-order valence-corrected chi connectivity index (χ2v) is 5.21. The first-order chi connectivity index (χ1) is 9.85. The molecule has 1 unspecified atom stereocenters. The van der Waals surface area contributed by atoms with Gasteiger partial charge < -0.3 is 15.0 Å². The van der Waals surface area contributed by atoms with E-state index in [-0.39, 0.29) is 0 Å². The number of nitrogens with zero attached hydrogens (tertiary/aromatic N) is 3. The molecule has 2 heterocycles. The van der Waals surface area contributed by atoms with E-state index >= 15 is 0 Å². The minimum atomic E-state index is 0.526. The maximum atomic E-state index is 5.61. The van der Waals surface area contributed by atoms with Crippen molar-refractivity contribution in [2.45, 2.75) is 45.6 Å². The average Bonchev–Trinajstić information content (AvgIpc) is 2.51. The molecule has 0 amide bonds. The van der Waals surface area contributed by atoms with Crippen LogP contribution in [0, 0.1) is 0 Å². The van der Waals surface area contributed by atoms with Crippen molar-refractivity contribution in [3.63, 3.8) is 0 Å². The Morgan fingerprint density at radius 3 is 3.05 bits per heavy atom. The molecule has 2 rings (SSSR count). The molecule has 1 aromatic rings. The van der Waals surface area contributed by atoms with E-state index < -0.39 is 0 Å². The average molecular weight is 278 g/mol. The smallest absolute Gasteiger partial charge is 0.218 e. The topological polar surface area (TPSA) is 50.3 Å². The van der Waals surface area contributed by atoms with Crippen LogP contribution in [0.3, 0.4) is 0 Å². The fraction of sp³-hybridized carbons (Fsp3) is 0.733. The number of ether oxygens (including phenoxy) is 1. The highest BCUT2D eigenvalue weighted by Gasteiger charge is 2.23. The van der Waals surface area contributed by atoms with Crippen molar-refractivity contribution in [1.82, 2.24) is 15.3 Å². The third-order valence-corrected chi connectivity index (χ3v) is 3.63. The standard InChI is InChI=1S/C15H26N4O/c1-3-9-20-15-10-14(17-12-18-15)19-8-6-5-7-13(19)11-16-4-2/h10,12-13,16H,3-9,11H2,1-2H3. The summed E-state index contributed by atoms with van der Waals surface area (Å²) in [6.45, 7) is 8.05. The Morgan fingerprint density at radius 1 is 1.35 bits per heavy atom. The maximum Gasteiger partial charge on any atom is 0.218 e. The van der Waals surface area contributed by atoms with Crippen LogP contribution in [0.2, 0.25) is 0 Å². The predicted octanol–water partition coefficient (Wildman–Crippen LogP) is 2.23. The molecular weight excluding hydrogens is 252 g/mol. The van der Waals surface area contributed by atoms with Crippen LogP contribution in [0.4, 0.5) is 5.82 Å². The molecule has 0 bridgehead atoms. The minimum Gasteiger partial charge on any atom is -0.478 e. The number of nitrogens with one attached hydrogen (secondary N) is 1. The summed E-state index contributed by atoms with van der Waals surface area (Å²) < 4.78 is 5.61. The van der Waals surface area contributed by atoms with Crippen LogP contribution in [0.15, 0.2) is 12.4 Å². The van der Waals surface area contributed by atoms with Gasteiger partial charge in [-0.2, -0.15) is 0 Å². The monoisotopic (exact) mass is 278 g/mol. The molecule has 0 spiro atoms. The summed E-state index contributed by atoms with van der Waals surface area (Å²) in [7, 11) is 0. The summed E-state index contributed by atoms with van der Waals surface area (Å²) in [5.74, 6) is 1.68. The summed E-state index contributed by atoms with van der Waals surface area (Å²) in [6.07, 6.45) is 6.36. The summed E-state index contributed by atoms with van der Waals surface area (Å²) >= 11 is 0. The molecule has 1 fully saturated rings. The lowest BCUT2D eigenvalue weighted by Crippen LogP contribution is -2.46. The number of hydrogen-bond acceptors (Lipinski definition) is 5. The molecule has 1 aromatic heterocycles. The molecule has 1 atom stereocenters. The zero-order chi connectivity index (χ0) is 14.2. The largest absolute Gasteiger partial charge is 0.478 e. The third-order valence-electron chi connectivity index (χ3n) is 3.63. The number of likely N-dealkylation sites (N-methyl/N-ethyl adjacent to an activating group) is 1. The van der Waals surface area contributed by atoms with Crippen molar-refractivity contribution in [2.75, 3.05) is 31.1 Å².